The van der Waals surface area contributed by atoms with E-state index in [9.17, 15) is 22.0 Å². The quantitative estimate of drug-likeness (QED) is 0.590. The molecule has 1 aromatic carbocycles. The molecule has 0 spiro atoms. The molecular weight excluding hydrogens is 290 g/mol. The Morgan fingerprint density at radius 1 is 1.35 bits per heavy atom. The number of para-hydroxylation sites is 1. The van der Waals surface area contributed by atoms with Crippen molar-refractivity contribution in [3.05, 3.63) is 36.9 Å². The van der Waals surface area contributed by atoms with Crippen LogP contribution in [0.5, 0.6) is 0 Å². The summed E-state index contributed by atoms with van der Waals surface area (Å²) in [5.41, 5.74) is -0.168. The number of carbonyl (C=O) groups is 1. The summed E-state index contributed by atoms with van der Waals surface area (Å²) in [4.78, 5) is 10.9. The van der Waals surface area contributed by atoms with Gasteiger partial charge in [0.1, 0.15) is 0 Å². The van der Waals surface area contributed by atoms with Crippen LogP contribution in [0.2, 0.25) is 0 Å². The first-order valence-corrected chi connectivity index (χ1v) is 7.16. The van der Waals surface area contributed by atoms with Gasteiger partial charge in [-0.3, -0.25) is 4.79 Å². The van der Waals surface area contributed by atoms with E-state index in [2.05, 4.69) is 17.2 Å². The Morgan fingerprint density at radius 3 is 2.60 bits per heavy atom. The van der Waals surface area contributed by atoms with E-state index in [1.54, 1.807) is 6.08 Å². The molecule has 20 heavy (non-hydrogen) atoms. The van der Waals surface area contributed by atoms with E-state index >= 15 is 0 Å². The highest BCUT2D eigenvalue weighted by molar-refractivity contribution is 7.91. The van der Waals surface area contributed by atoms with E-state index in [-0.39, 0.29) is 12.2 Å². The predicted molar refractivity (Wildman–Crippen MR) is 71.3 cm³/mol. The molecule has 5 nitrogen and oxygen atoms in total. The first-order valence-electron chi connectivity index (χ1n) is 5.62. The first-order chi connectivity index (χ1) is 9.39. The molecule has 0 radical (unpaired) electrons. The summed E-state index contributed by atoms with van der Waals surface area (Å²) in [6.07, 6.45) is 1.54. The minimum Gasteiger partial charge on any atom is -0.324 e. The number of anilines is 1. The smallest absolute Gasteiger partial charge is 0.324 e. The zero-order valence-corrected chi connectivity index (χ0v) is 11.3. The summed E-state index contributed by atoms with van der Waals surface area (Å²) < 4.78 is 48.0. The second kappa shape index (κ2) is 7.11. The number of carbonyl (C=O) groups excluding carboxylic acids is 1. The Balaban J connectivity index is 2.92. The molecule has 1 rings (SSSR count). The zero-order chi connectivity index (χ0) is 15.2. The molecule has 1 amide bonds. The summed E-state index contributed by atoms with van der Waals surface area (Å²) in [5.74, 6) is -4.08. The molecule has 0 heterocycles. The van der Waals surface area contributed by atoms with Crippen molar-refractivity contribution in [1.82, 2.24) is 5.32 Å². The molecule has 2 N–H and O–H groups in total. The van der Waals surface area contributed by atoms with Crippen LogP contribution in [0.25, 0.3) is 0 Å². The molecule has 0 aliphatic rings. The minimum atomic E-state index is -4.76. The molecule has 110 valence electrons. The predicted octanol–water partition coefficient (Wildman–Crippen LogP) is 1.40. The van der Waals surface area contributed by atoms with Crippen molar-refractivity contribution in [3.63, 3.8) is 0 Å². The Hall–Kier alpha value is -1.80. The van der Waals surface area contributed by atoms with Crippen molar-refractivity contribution in [1.29, 1.82) is 0 Å². The lowest BCUT2D eigenvalue weighted by molar-refractivity contribution is -0.115. The van der Waals surface area contributed by atoms with Crippen molar-refractivity contribution in [2.45, 2.75) is 10.7 Å². The van der Waals surface area contributed by atoms with Crippen molar-refractivity contribution < 1.29 is 22.0 Å². The van der Waals surface area contributed by atoms with E-state index in [1.807, 2.05) is 0 Å². The van der Waals surface area contributed by atoms with Gasteiger partial charge in [0.25, 0.3) is 0 Å². The standard InChI is InChI=1S/C12H14F2N2O3S/c1-2-7-15-8-11(17)16-9-5-3-4-6-10(9)20(18,19)12(13)14/h2-6,12,15H,1,7-8H2,(H,16,17). The molecule has 0 saturated carbocycles. The maximum Gasteiger partial charge on any atom is 0.341 e. The Morgan fingerprint density at radius 2 is 2.00 bits per heavy atom. The van der Waals surface area contributed by atoms with Crippen LogP contribution in [0.4, 0.5) is 14.5 Å². The minimum absolute atomic E-state index is 0.0882. The Bertz CT molecular complexity index is 588. The summed E-state index contributed by atoms with van der Waals surface area (Å²) in [5, 5.41) is 4.99. The SMILES string of the molecule is C=CCNCC(=O)Nc1ccccc1S(=O)(=O)C(F)F. The van der Waals surface area contributed by atoms with Gasteiger partial charge in [0.2, 0.25) is 15.7 Å². The summed E-state index contributed by atoms with van der Waals surface area (Å²) in [6.45, 7) is 3.76. The monoisotopic (exact) mass is 304 g/mol. The van der Waals surface area contributed by atoms with Gasteiger partial charge in [-0.1, -0.05) is 18.2 Å². The lowest BCUT2D eigenvalue weighted by Crippen LogP contribution is -2.28. The third kappa shape index (κ3) is 4.10. The molecule has 0 aromatic heterocycles. The van der Waals surface area contributed by atoms with Crippen molar-refractivity contribution in [2.24, 2.45) is 0 Å². The highest BCUT2D eigenvalue weighted by atomic mass is 32.2. The second-order valence-corrected chi connectivity index (χ2v) is 5.66. The normalized spacial score (nSPS) is 11.3. The van der Waals surface area contributed by atoms with Gasteiger partial charge >= 0.3 is 5.76 Å². The molecule has 1 aromatic rings. The average molecular weight is 304 g/mol. The number of hydrogen-bond acceptors (Lipinski definition) is 4. The molecule has 0 bridgehead atoms. The topological polar surface area (TPSA) is 75.3 Å². The number of rotatable bonds is 7. The summed E-state index contributed by atoms with van der Waals surface area (Å²) in [7, 11) is -4.76. The Labute approximate surface area is 115 Å². The van der Waals surface area contributed by atoms with Crippen molar-refractivity contribution in [2.75, 3.05) is 18.4 Å². The number of benzene rings is 1. The zero-order valence-electron chi connectivity index (χ0n) is 10.5. The number of hydrogen-bond donors (Lipinski definition) is 2. The number of amides is 1. The maximum atomic E-state index is 12.5. The van der Waals surface area contributed by atoms with Crippen molar-refractivity contribution >= 4 is 21.4 Å². The van der Waals surface area contributed by atoms with E-state index in [1.165, 1.54) is 18.2 Å². The largest absolute Gasteiger partial charge is 0.341 e. The van der Waals surface area contributed by atoms with Gasteiger partial charge in [-0.2, -0.15) is 8.78 Å². The molecule has 0 saturated heterocycles. The maximum absolute atomic E-state index is 12.5. The van der Waals surface area contributed by atoms with Crippen LogP contribution in [0.15, 0.2) is 41.8 Å². The number of alkyl halides is 2. The van der Waals surface area contributed by atoms with E-state index in [0.29, 0.717) is 6.54 Å². The second-order valence-electron chi connectivity index (χ2n) is 3.77. The third-order valence-electron chi connectivity index (χ3n) is 2.28. The van der Waals surface area contributed by atoms with Gasteiger partial charge in [0.15, 0.2) is 0 Å². The van der Waals surface area contributed by atoms with Gasteiger partial charge in [-0.25, -0.2) is 8.42 Å². The van der Waals surface area contributed by atoms with Gasteiger partial charge in [-0.05, 0) is 12.1 Å². The van der Waals surface area contributed by atoms with Gasteiger partial charge < -0.3 is 10.6 Å². The van der Waals surface area contributed by atoms with Gasteiger partial charge in [-0.15, -0.1) is 6.58 Å². The number of nitrogens with one attached hydrogen (secondary N) is 2. The van der Waals surface area contributed by atoms with Crippen LogP contribution in [-0.2, 0) is 14.6 Å². The lowest BCUT2D eigenvalue weighted by atomic mass is 10.3. The van der Waals surface area contributed by atoms with E-state index in [4.69, 9.17) is 0 Å². The molecule has 0 atom stereocenters. The lowest BCUT2D eigenvalue weighted by Gasteiger charge is -2.11. The van der Waals surface area contributed by atoms with E-state index in [0.717, 1.165) is 6.07 Å². The molecular formula is C12H14F2N2O3S. The fourth-order valence-electron chi connectivity index (χ4n) is 1.40. The first kappa shape index (κ1) is 16.3. The fourth-order valence-corrected chi connectivity index (χ4v) is 2.28. The highest BCUT2D eigenvalue weighted by Crippen LogP contribution is 2.25. The van der Waals surface area contributed by atoms with Crippen LogP contribution in [0.3, 0.4) is 0 Å². The van der Waals surface area contributed by atoms with Gasteiger partial charge in [0, 0.05) is 6.54 Å². The number of sulfone groups is 1. The average Bonchev–Trinajstić information content (AvgIpc) is 2.39. The Kier molecular flexibility index (Phi) is 5.78. The van der Waals surface area contributed by atoms with Crippen LogP contribution in [0, 0.1) is 0 Å². The van der Waals surface area contributed by atoms with Crippen LogP contribution >= 0.6 is 0 Å². The summed E-state index contributed by atoms with van der Waals surface area (Å²) in [6, 6.07) is 5.02. The highest BCUT2D eigenvalue weighted by Gasteiger charge is 2.29. The van der Waals surface area contributed by atoms with Crippen LogP contribution < -0.4 is 10.6 Å². The van der Waals surface area contributed by atoms with Crippen LogP contribution in [0.1, 0.15) is 0 Å². The molecule has 0 aliphatic carbocycles. The molecule has 8 heteroatoms. The molecule has 0 unspecified atom stereocenters. The molecule has 0 fully saturated rings. The fraction of sp³-hybridized carbons (Fsp3) is 0.250. The third-order valence-corrected chi connectivity index (χ3v) is 3.71. The number of halogens is 2. The molecule has 0 aliphatic heterocycles. The summed E-state index contributed by atoms with van der Waals surface area (Å²) >= 11 is 0. The van der Waals surface area contributed by atoms with Crippen LogP contribution in [-0.4, -0.2) is 33.2 Å². The van der Waals surface area contributed by atoms with Gasteiger partial charge in [0.05, 0.1) is 17.1 Å². The van der Waals surface area contributed by atoms with E-state index < -0.39 is 26.4 Å². The van der Waals surface area contributed by atoms with Crippen molar-refractivity contribution in [3.8, 4) is 0 Å².